The lowest BCUT2D eigenvalue weighted by molar-refractivity contribution is -0.286. The van der Waals surface area contributed by atoms with E-state index in [1.807, 2.05) is 188 Å². The topological polar surface area (TPSA) is 158 Å². The molecule has 93 heavy (non-hydrogen) atoms. The molecule has 16 rings (SSSR count). The quantitative estimate of drug-likeness (QED) is 0.142. The van der Waals surface area contributed by atoms with Crippen molar-refractivity contribution in [3.05, 3.63) is 285 Å². The Morgan fingerprint density at radius 3 is 1.75 bits per heavy atom. The molecule has 0 saturated carbocycles. The molecule has 0 bridgehead atoms. The fraction of sp³-hybridized carbons (Fsp3) is 0.230. The molecule has 482 valence electrons. The molecule has 0 spiro atoms. The first-order chi connectivity index (χ1) is 44.5. The molecule has 1 aliphatic rings. The Balaban J connectivity index is 0.000000147. The van der Waals surface area contributed by atoms with Crippen LogP contribution < -0.4 is 9.47 Å². The molecule has 0 aliphatic carbocycles. The number of rotatable bonds is 0. The number of aryl methyl sites for hydroxylation is 16. The first kappa shape index (κ1) is 69.9. The Bertz CT molecular complexity index is 4600. The molecule has 0 unspecified atom stereocenters. The van der Waals surface area contributed by atoms with Gasteiger partial charge < -0.3 is 27.1 Å². The summed E-state index contributed by atoms with van der Waals surface area (Å²) in [5.74, 6) is 2.25. The largest absolute Gasteiger partial charge is 0.586 e. The molecule has 15 aromatic rings. The van der Waals surface area contributed by atoms with Crippen molar-refractivity contribution < 1.29 is 27.1 Å². The van der Waals surface area contributed by atoms with Crippen LogP contribution in [0.5, 0.6) is 11.5 Å². The van der Waals surface area contributed by atoms with Crippen LogP contribution in [0.25, 0.3) is 38.7 Å². The average molecular weight is 1270 g/mol. The lowest BCUT2D eigenvalue weighted by Crippen LogP contribution is -2.26. The summed E-state index contributed by atoms with van der Waals surface area (Å²) >= 11 is 1.80. The summed E-state index contributed by atoms with van der Waals surface area (Å²) in [6, 6.07) is 43.5. The summed E-state index contributed by atoms with van der Waals surface area (Å²) < 4.78 is 53.0. The van der Waals surface area contributed by atoms with E-state index in [4.69, 9.17) is 8.83 Å². The number of ether oxygens (including phenoxy) is 2. The smallest absolute Gasteiger partial charge is 0.472 e. The van der Waals surface area contributed by atoms with Gasteiger partial charge in [-0.15, -0.1) is 20.1 Å². The minimum Gasteiger partial charge on any atom is -0.472 e. The first-order valence-corrected chi connectivity index (χ1v) is 30.9. The standard InChI is InChI=1S/C9H10N2.C8H6F2O2.C8H9N3.2C8H8N2.C8H10.C7H7N3.C7H10O.C6H8S.C5H6O/c1-7-3-4-9-10-5-6-11(9)8(7)2;1-5-3-2-4-6-7(5)12-8(9,10)11-6;1-6-3-8-7(4-9-6)5-10-11(8)2;1-10-8-5-3-2-4-7(8)6-9-10;1-7-6-9-8-4-2-3-5-10(7)8;1-7-5-3-4-6-8(7)2;1-6-3-2-4-10-7(6)8-5-9-10;1-5-4-6(2)8-7(5)3;1-5-3-4-7-6(5)2;1-5-2-3-6-4-5/h3-6H,1-2H3;2-4H,1H3;3-5H,1-2H3;2*2-6H,1H3;3-6H,1-2H3;2-5H,1H3;4H,1-3H3;3-4H,1-2H3;2-4H,1H3. The molecule has 12 aromatic heterocycles. The van der Waals surface area contributed by atoms with E-state index in [0.717, 1.165) is 50.6 Å². The van der Waals surface area contributed by atoms with Gasteiger partial charge in [0.2, 0.25) is 0 Å². The SMILES string of the molecule is Cc1cc(C)c(C)o1.Cc1cc2c(cn1)cnn2C.Cc1ccc2nccn2c1C.Cc1cccc2c1OC(F)(F)O2.Cc1ccccc1C.Cc1cccn2ncnc12.Cc1ccoc1.Cc1ccsc1C.Cc1cnc2ccccn12.Cn1ncc2ccccc21. The fourth-order valence-electron chi connectivity index (χ4n) is 8.83. The lowest BCUT2D eigenvalue weighted by atomic mass is 10.1. The highest BCUT2D eigenvalue weighted by atomic mass is 32.1. The minimum atomic E-state index is -3.51. The Labute approximate surface area is 546 Å². The van der Waals surface area contributed by atoms with Crippen molar-refractivity contribution >= 4 is 50.1 Å². The molecular weight excluding hydrogens is 1190 g/mol. The van der Waals surface area contributed by atoms with Crippen LogP contribution in [0.1, 0.15) is 78.0 Å². The second-order valence-corrected chi connectivity index (χ2v) is 23.1. The number of hydrogen-bond donors (Lipinski definition) is 0. The number of fused-ring (bicyclic) bond motifs is 6. The monoisotopic (exact) mass is 1270 g/mol. The third-order valence-electron chi connectivity index (χ3n) is 14.7. The number of thiophene rings is 1. The number of hydrogen-bond acceptors (Lipinski definition) is 12. The highest BCUT2D eigenvalue weighted by Gasteiger charge is 2.43. The van der Waals surface area contributed by atoms with Gasteiger partial charge in [-0.3, -0.25) is 14.3 Å². The van der Waals surface area contributed by atoms with Crippen molar-refractivity contribution in [3.8, 4) is 11.5 Å². The number of furan rings is 2. The van der Waals surface area contributed by atoms with Gasteiger partial charge in [0.25, 0.3) is 0 Å². The minimum absolute atomic E-state index is 0.0972. The van der Waals surface area contributed by atoms with Gasteiger partial charge in [0.15, 0.2) is 17.1 Å². The molecule has 0 N–H and O–H groups in total. The summed E-state index contributed by atoms with van der Waals surface area (Å²) in [6.07, 6.45) is 16.5. The van der Waals surface area contributed by atoms with E-state index >= 15 is 0 Å². The zero-order valence-corrected chi connectivity index (χ0v) is 56.6. The Hall–Kier alpha value is -10.5. The third-order valence-corrected chi connectivity index (χ3v) is 15.7. The number of nitrogens with zero attached hydrogens (tertiary/aromatic N) is 12. The molecule has 0 radical (unpaired) electrons. The maximum Gasteiger partial charge on any atom is 0.586 e. The van der Waals surface area contributed by atoms with Crippen molar-refractivity contribution in [1.29, 1.82) is 0 Å². The fourth-order valence-corrected chi connectivity index (χ4v) is 9.56. The molecule has 0 saturated heterocycles. The normalized spacial score (nSPS) is 11.2. The van der Waals surface area contributed by atoms with Crippen LogP contribution in [-0.2, 0) is 14.1 Å². The van der Waals surface area contributed by atoms with Crippen LogP contribution in [0.2, 0.25) is 0 Å². The summed E-state index contributed by atoms with van der Waals surface area (Å²) in [4.78, 5) is 18.0. The lowest BCUT2D eigenvalue weighted by Gasteiger charge is -2.04. The van der Waals surface area contributed by atoms with Crippen molar-refractivity contribution in [1.82, 2.24) is 57.9 Å². The van der Waals surface area contributed by atoms with E-state index in [1.54, 1.807) is 53.8 Å². The number of pyridine rings is 4. The van der Waals surface area contributed by atoms with Crippen LogP contribution >= 0.6 is 11.3 Å². The highest BCUT2D eigenvalue weighted by Crippen LogP contribution is 2.42. The van der Waals surface area contributed by atoms with Gasteiger partial charge in [-0.05, 0) is 207 Å². The molecule has 3 aromatic carbocycles. The molecule has 0 amide bonds. The number of alkyl halides is 2. The van der Waals surface area contributed by atoms with Crippen LogP contribution in [0.3, 0.4) is 0 Å². The second-order valence-electron chi connectivity index (χ2n) is 22.0. The van der Waals surface area contributed by atoms with E-state index in [-0.39, 0.29) is 11.5 Å². The van der Waals surface area contributed by atoms with Gasteiger partial charge in [-0.1, -0.05) is 72.8 Å². The average Bonchev–Trinajstić information content (AvgIpc) is 1.77. The number of para-hydroxylation sites is 2. The predicted octanol–water partition coefficient (Wildman–Crippen LogP) is 18.3. The van der Waals surface area contributed by atoms with Crippen LogP contribution in [0.15, 0.2) is 216 Å². The van der Waals surface area contributed by atoms with Crippen LogP contribution in [0.4, 0.5) is 8.78 Å². The van der Waals surface area contributed by atoms with E-state index < -0.39 is 6.29 Å². The summed E-state index contributed by atoms with van der Waals surface area (Å²) in [7, 11) is 3.88. The van der Waals surface area contributed by atoms with Crippen molar-refractivity contribution in [2.24, 2.45) is 14.1 Å². The number of benzene rings is 3. The van der Waals surface area contributed by atoms with E-state index in [0.29, 0.717) is 5.56 Å². The van der Waals surface area contributed by atoms with Crippen molar-refractivity contribution in [3.63, 3.8) is 0 Å². The second kappa shape index (κ2) is 33.5. The Kier molecular flexibility index (Phi) is 25.2. The molecule has 0 atom stereocenters. The van der Waals surface area contributed by atoms with Gasteiger partial charge in [0.05, 0.1) is 36.0 Å². The Morgan fingerprint density at radius 1 is 0.495 bits per heavy atom. The van der Waals surface area contributed by atoms with Gasteiger partial charge in [0.1, 0.15) is 29.1 Å². The summed E-state index contributed by atoms with van der Waals surface area (Å²) in [6.45, 7) is 28.4. The Morgan fingerprint density at radius 2 is 1.17 bits per heavy atom. The zero-order chi connectivity index (χ0) is 67.2. The highest BCUT2D eigenvalue weighted by molar-refractivity contribution is 7.10. The third kappa shape index (κ3) is 20.5. The number of aromatic nitrogens is 12. The first-order valence-electron chi connectivity index (χ1n) is 30.0. The summed E-state index contributed by atoms with van der Waals surface area (Å²) in [5, 5.41) is 16.6. The number of halogens is 2. The zero-order valence-electron chi connectivity index (χ0n) is 55.8. The van der Waals surface area contributed by atoms with Gasteiger partial charge >= 0.3 is 6.29 Å². The van der Waals surface area contributed by atoms with E-state index in [9.17, 15) is 8.78 Å². The molecule has 0 fully saturated rings. The van der Waals surface area contributed by atoms with Gasteiger partial charge in [-0.25, -0.2) is 19.5 Å². The van der Waals surface area contributed by atoms with Crippen LogP contribution in [-0.4, -0.2) is 64.2 Å². The molecule has 13 heterocycles. The molecule has 16 nitrogen and oxygen atoms in total. The van der Waals surface area contributed by atoms with Crippen molar-refractivity contribution in [2.75, 3.05) is 0 Å². The molecular formula is C74H82F2N12O4S. The predicted molar refractivity (Wildman–Crippen MR) is 370 cm³/mol. The van der Waals surface area contributed by atoms with E-state index in [2.05, 4.69) is 149 Å². The van der Waals surface area contributed by atoms with Gasteiger partial charge in [0, 0.05) is 84.0 Å². The van der Waals surface area contributed by atoms with Gasteiger partial charge in [-0.2, -0.15) is 15.3 Å². The van der Waals surface area contributed by atoms with Crippen LogP contribution in [0, 0.1) is 96.9 Å². The maximum atomic E-state index is 12.5. The molecule has 19 heteroatoms. The van der Waals surface area contributed by atoms with Crippen molar-refractivity contribution in [2.45, 2.75) is 103 Å². The van der Waals surface area contributed by atoms with E-state index in [1.165, 1.54) is 66.6 Å². The number of imidazole rings is 2. The maximum absolute atomic E-state index is 12.5. The summed E-state index contributed by atoms with van der Waals surface area (Å²) in [5.41, 5.74) is 18.4. The molecule has 1 aliphatic heterocycles.